The van der Waals surface area contributed by atoms with Crippen molar-refractivity contribution in [1.82, 2.24) is 15.5 Å². The number of nitrogens with zero attached hydrogens (tertiary/aromatic N) is 1. The van der Waals surface area contributed by atoms with Gasteiger partial charge >= 0.3 is 12.1 Å². The molecule has 9 nitrogen and oxygen atoms in total. The maximum atomic E-state index is 14.7. The lowest BCUT2D eigenvalue weighted by Gasteiger charge is -2.37. The largest absolute Gasteiger partial charge is 0.458 e. The SMILES string of the molecule is CCCCCCN(C(=O)C(NC(=O)OC(C)(C)C)C(C)CC)C(C(=O)NC(Cc1ccccc1)C(=O)OC(C)(C)C)c1ccccc1C. The van der Waals surface area contributed by atoms with Crippen molar-refractivity contribution in [3.63, 3.8) is 0 Å². The first kappa shape index (κ1) is 40.3. The topological polar surface area (TPSA) is 114 Å². The lowest BCUT2D eigenvalue weighted by molar-refractivity contribution is -0.159. The number of esters is 1. The van der Waals surface area contributed by atoms with E-state index in [0.29, 0.717) is 18.4 Å². The summed E-state index contributed by atoms with van der Waals surface area (Å²) in [6, 6.07) is 13.9. The monoisotopic (exact) mass is 665 g/mol. The van der Waals surface area contributed by atoms with Gasteiger partial charge in [0.1, 0.15) is 29.3 Å². The molecular weight excluding hydrogens is 606 g/mol. The van der Waals surface area contributed by atoms with E-state index in [2.05, 4.69) is 17.6 Å². The minimum Gasteiger partial charge on any atom is -0.458 e. The fraction of sp³-hybridized carbons (Fsp3) is 0.590. The van der Waals surface area contributed by atoms with Crippen molar-refractivity contribution in [3.05, 3.63) is 71.3 Å². The fourth-order valence-electron chi connectivity index (χ4n) is 5.38. The highest BCUT2D eigenvalue weighted by Crippen LogP contribution is 2.28. The summed E-state index contributed by atoms with van der Waals surface area (Å²) in [5, 5.41) is 5.81. The molecule has 2 rings (SSSR count). The minimum absolute atomic E-state index is 0.210. The average molecular weight is 666 g/mol. The lowest BCUT2D eigenvalue weighted by Crippen LogP contribution is -2.56. The molecule has 0 saturated carbocycles. The Balaban J connectivity index is 2.66. The summed E-state index contributed by atoms with van der Waals surface area (Å²) in [7, 11) is 0. The molecule has 0 heterocycles. The van der Waals surface area contributed by atoms with Crippen LogP contribution in [0.1, 0.15) is 117 Å². The number of nitrogens with one attached hydrogen (secondary N) is 2. The number of alkyl carbamates (subject to hydrolysis) is 1. The Morgan fingerprint density at radius 3 is 1.96 bits per heavy atom. The van der Waals surface area contributed by atoms with Crippen molar-refractivity contribution in [1.29, 1.82) is 0 Å². The van der Waals surface area contributed by atoms with Crippen LogP contribution in [0.2, 0.25) is 0 Å². The smallest absolute Gasteiger partial charge is 0.408 e. The second-order valence-corrected chi connectivity index (χ2v) is 14.6. The Bertz CT molecular complexity index is 1330. The number of carbonyl (C=O) groups is 4. The van der Waals surface area contributed by atoms with Crippen LogP contribution in [0.25, 0.3) is 0 Å². The van der Waals surface area contributed by atoms with Crippen molar-refractivity contribution in [2.45, 2.75) is 137 Å². The molecule has 0 aromatic heterocycles. The molecule has 2 aromatic rings. The van der Waals surface area contributed by atoms with Crippen molar-refractivity contribution < 1.29 is 28.7 Å². The second-order valence-electron chi connectivity index (χ2n) is 14.6. The third-order valence-corrected chi connectivity index (χ3v) is 8.02. The highest BCUT2D eigenvalue weighted by Gasteiger charge is 2.40. The predicted molar refractivity (Wildman–Crippen MR) is 190 cm³/mol. The summed E-state index contributed by atoms with van der Waals surface area (Å²) < 4.78 is 11.3. The Hall–Kier alpha value is -3.88. The van der Waals surface area contributed by atoms with E-state index < -0.39 is 47.3 Å². The van der Waals surface area contributed by atoms with E-state index in [9.17, 15) is 19.2 Å². The number of aryl methyl sites for hydroxylation is 1. The van der Waals surface area contributed by atoms with Crippen molar-refractivity contribution in [2.24, 2.45) is 5.92 Å². The first-order valence-corrected chi connectivity index (χ1v) is 17.4. The molecule has 0 saturated heterocycles. The van der Waals surface area contributed by atoms with E-state index in [0.717, 1.165) is 30.4 Å². The quantitative estimate of drug-likeness (QED) is 0.142. The number of rotatable bonds is 16. The van der Waals surface area contributed by atoms with Gasteiger partial charge < -0.3 is 25.0 Å². The maximum Gasteiger partial charge on any atom is 0.408 e. The molecule has 9 heteroatoms. The van der Waals surface area contributed by atoms with E-state index in [1.165, 1.54) is 0 Å². The molecule has 0 bridgehead atoms. The molecule has 3 amide bonds. The Kier molecular flexibility index (Phi) is 15.6. The Morgan fingerprint density at radius 1 is 0.792 bits per heavy atom. The van der Waals surface area contributed by atoms with Gasteiger partial charge in [0, 0.05) is 13.0 Å². The number of amides is 3. The van der Waals surface area contributed by atoms with Gasteiger partial charge in [-0.3, -0.25) is 9.59 Å². The first-order valence-electron chi connectivity index (χ1n) is 17.4. The number of ether oxygens (including phenoxy) is 2. The minimum atomic E-state index is -1.08. The van der Waals surface area contributed by atoms with E-state index in [1.54, 1.807) is 46.4 Å². The number of carbonyl (C=O) groups excluding carboxylic acids is 4. The van der Waals surface area contributed by atoms with Crippen LogP contribution < -0.4 is 10.6 Å². The van der Waals surface area contributed by atoms with Crippen LogP contribution in [-0.2, 0) is 30.3 Å². The Morgan fingerprint density at radius 2 is 1.40 bits per heavy atom. The van der Waals surface area contributed by atoms with Gasteiger partial charge in [0.05, 0.1) is 0 Å². The average Bonchev–Trinajstić information content (AvgIpc) is 2.99. The molecule has 0 radical (unpaired) electrons. The van der Waals surface area contributed by atoms with Crippen molar-refractivity contribution in [3.8, 4) is 0 Å². The van der Waals surface area contributed by atoms with E-state index >= 15 is 0 Å². The van der Waals surface area contributed by atoms with Crippen LogP contribution in [0.15, 0.2) is 54.6 Å². The molecule has 0 fully saturated rings. The predicted octanol–water partition coefficient (Wildman–Crippen LogP) is 7.45. The third kappa shape index (κ3) is 13.3. The van der Waals surface area contributed by atoms with E-state index in [1.807, 2.05) is 75.4 Å². The molecule has 266 valence electrons. The normalized spacial score (nSPS) is 14.2. The number of hydrogen-bond donors (Lipinski definition) is 2. The van der Waals surface area contributed by atoms with Crippen LogP contribution in [0.4, 0.5) is 4.79 Å². The van der Waals surface area contributed by atoms with Crippen molar-refractivity contribution >= 4 is 23.9 Å². The second kappa shape index (κ2) is 18.6. The Labute approximate surface area is 288 Å². The lowest BCUT2D eigenvalue weighted by atomic mass is 9.93. The standard InChI is InChI=1S/C39H59N3O6/c1-11-13-14-20-25-42(35(44)32(27(3)12-2)41-37(46)48-39(8,9)10)33(30-24-19-18-21-28(30)4)34(43)40-31(36(45)47-38(5,6)7)26-29-22-16-15-17-23-29/h15-19,21-24,27,31-33H,11-14,20,25-26H2,1-10H3,(H,40,43)(H,41,46). The molecule has 4 unspecified atom stereocenters. The number of unbranched alkanes of at least 4 members (excludes halogenated alkanes) is 3. The summed E-state index contributed by atoms with van der Waals surface area (Å²) in [4.78, 5) is 57.5. The molecule has 4 atom stereocenters. The van der Waals surface area contributed by atoms with Crippen LogP contribution in [0.3, 0.4) is 0 Å². The molecule has 0 aliphatic rings. The molecule has 2 N–H and O–H groups in total. The zero-order chi connectivity index (χ0) is 36.1. The van der Waals surface area contributed by atoms with Crippen LogP contribution in [-0.4, -0.2) is 58.6 Å². The molecule has 2 aromatic carbocycles. The van der Waals surface area contributed by atoms with Gasteiger partial charge in [0.25, 0.3) is 0 Å². The van der Waals surface area contributed by atoms with Gasteiger partial charge in [-0.2, -0.15) is 0 Å². The summed E-state index contributed by atoms with van der Waals surface area (Å²) in [6.45, 7) is 18.8. The fourth-order valence-corrected chi connectivity index (χ4v) is 5.38. The maximum absolute atomic E-state index is 14.7. The van der Waals surface area contributed by atoms with Gasteiger partial charge in [0.15, 0.2) is 0 Å². The summed E-state index contributed by atoms with van der Waals surface area (Å²) in [6.07, 6.45) is 3.63. The molecule has 0 aliphatic carbocycles. The highest BCUT2D eigenvalue weighted by atomic mass is 16.6. The van der Waals surface area contributed by atoms with Crippen LogP contribution in [0.5, 0.6) is 0 Å². The van der Waals surface area contributed by atoms with E-state index in [4.69, 9.17) is 9.47 Å². The first-order chi connectivity index (χ1) is 22.5. The van der Waals surface area contributed by atoms with Gasteiger partial charge in [-0.1, -0.05) is 101 Å². The van der Waals surface area contributed by atoms with Crippen LogP contribution >= 0.6 is 0 Å². The van der Waals surface area contributed by atoms with Crippen molar-refractivity contribution in [2.75, 3.05) is 6.54 Å². The van der Waals surface area contributed by atoms with E-state index in [-0.39, 0.29) is 24.8 Å². The van der Waals surface area contributed by atoms with Gasteiger partial charge in [-0.25, -0.2) is 9.59 Å². The van der Waals surface area contributed by atoms with Crippen LogP contribution in [0, 0.1) is 12.8 Å². The zero-order valence-corrected chi connectivity index (χ0v) is 30.9. The van der Waals surface area contributed by atoms with Gasteiger partial charge in [-0.05, 0) is 77.5 Å². The number of benzene rings is 2. The van der Waals surface area contributed by atoms with Gasteiger partial charge in [-0.15, -0.1) is 0 Å². The molecule has 48 heavy (non-hydrogen) atoms. The molecule has 0 aliphatic heterocycles. The summed E-state index contributed by atoms with van der Waals surface area (Å²) in [5.74, 6) is -1.70. The molecule has 0 spiro atoms. The number of hydrogen-bond acceptors (Lipinski definition) is 6. The van der Waals surface area contributed by atoms with Gasteiger partial charge in [0.2, 0.25) is 11.8 Å². The molecular formula is C39H59N3O6. The summed E-state index contributed by atoms with van der Waals surface area (Å²) in [5.41, 5.74) is 0.783. The summed E-state index contributed by atoms with van der Waals surface area (Å²) >= 11 is 0. The third-order valence-electron chi connectivity index (χ3n) is 8.02. The highest BCUT2D eigenvalue weighted by molar-refractivity contribution is 5.94. The zero-order valence-electron chi connectivity index (χ0n) is 30.9.